The Morgan fingerprint density at radius 2 is 1.76 bits per heavy atom. The number of carbonyl (C=O) groups excluding carboxylic acids is 2. The van der Waals surface area contributed by atoms with Crippen molar-refractivity contribution in [2.75, 3.05) is 6.54 Å². The van der Waals surface area contributed by atoms with E-state index in [-0.39, 0.29) is 11.7 Å². The minimum absolute atomic E-state index is 0.0120. The molecule has 0 aliphatic carbocycles. The number of hydrogen-bond acceptors (Lipinski definition) is 2. The summed E-state index contributed by atoms with van der Waals surface area (Å²) in [7, 11) is 0. The van der Waals surface area contributed by atoms with Crippen molar-refractivity contribution in [3.63, 3.8) is 0 Å². The maximum Gasteiger partial charge on any atom is 0.220 e. The topological polar surface area (TPSA) is 37.4 Å². The summed E-state index contributed by atoms with van der Waals surface area (Å²) in [5, 5.41) is 0. The van der Waals surface area contributed by atoms with E-state index in [2.05, 4.69) is 0 Å². The zero-order valence-corrected chi connectivity index (χ0v) is 10.9. The number of nitrogens with zero attached hydrogens (tertiary/aromatic N) is 1. The highest BCUT2D eigenvalue weighted by molar-refractivity contribution is 6.01. The van der Waals surface area contributed by atoms with E-state index in [1.54, 1.807) is 11.8 Å². The maximum atomic E-state index is 12.2. The van der Waals surface area contributed by atoms with Crippen molar-refractivity contribution in [2.45, 2.75) is 33.7 Å². The molecule has 0 bridgehead atoms. The third-order valence-electron chi connectivity index (χ3n) is 2.93. The smallest absolute Gasteiger partial charge is 0.220 e. The number of hydrogen-bond donors (Lipinski definition) is 0. The third-order valence-corrected chi connectivity index (χ3v) is 2.93. The van der Waals surface area contributed by atoms with Gasteiger partial charge in [-0.25, -0.2) is 0 Å². The number of benzene rings is 1. The molecule has 1 rings (SSSR count). The molecule has 1 unspecified atom stereocenters. The molecule has 1 aromatic rings. The van der Waals surface area contributed by atoms with E-state index in [1.165, 1.54) is 6.92 Å². The Morgan fingerprint density at radius 1 is 1.24 bits per heavy atom. The number of likely N-dealkylation sites (N-methyl/N-ethyl adjacent to an activating group) is 1. The molecule has 0 spiro atoms. The Bertz CT molecular complexity index is 409. The van der Waals surface area contributed by atoms with Crippen molar-refractivity contribution in [1.29, 1.82) is 0 Å². The van der Waals surface area contributed by atoms with Crippen molar-refractivity contribution in [1.82, 2.24) is 4.90 Å². The summed E-state index contributed by atoms with van der Waals surface area (Å²) in [6.07, 6.45) is 0. The second-order valence-electron chi connectivity index (χ2n) is 4.21. The van der Waals surface area contributed by atoms with Gasteiger partial charge in [0.25, 0.3) is 0 Å². The molecule has 0 aliphatic rings. The van der Waals surface area contributed by atoms with Gasteiger partial charge >= 0.3 is 0 Å². The largest absolute Gasteiger partial charge is 0.333 e. The minimum Gasteiger partial charge on any atom is -0.333 e. The number of ketones is 1. The molecule has 17 heavy (non-hydrogen) atoms. The van der Waals surface area contributed by atoms with E-state index in [1.807, 2.05) is 38.1 Å². The molecule has 0 fully saturated rings. The van der Waals surface area contributed by atoms with Crippen LogP contribution in [-0.2, 0) is 4.79 Å². The van der Waals surface area contributed by atoms with E-state index in [4.69, 9.17) is 0 Å². The molecular weight excluding hydrogens is 214 g/mol. The van der Waals surface area contributed by atoms with Gasteiger partial charge in [-0.3, -0.25) is 9.59 Å². The molecule has 1 aromatic carbocycles. The summed E-state index contributed by atoms with van der Waals surface area (Å²) in [4.78, 5) is 25.1. The fourth-order valence-electron chi connectivity index (χ4n) is 1.87. The van der Waals surface area contributed by atoms with Crippen LogP contribution in [0.5, 0.6) is 0 Å². The summed E-state index contributed by atoms with van der Waals surface area (Å²) in [5.74, 6) is -0.0810. The van der Waals surface area contributed by atoms with E-state index in [9.17, 15) is 9.59 Å². The fourth-order valence-corrected chi connectivity index (χ4v) is 1.87. The molecule has 3 nitrogen and oxygen atoms in total. The van der Waals surface area contributed by atoms with E-state index in [0.29, 0.717) is 12.1 Å². The molecule has 0 aliphatic heterocycles. The van der Waals surface area contributed by atoms with Crippen LogP contribution >= 0.6 is 0 Å². The molecule has 0 heterocycles. The molecule has 0 radical (unpaired) electrons. The van der Waals surface area contributed by atoms with Gasteiger partial charge in [0.05, 0.1) is 6.04 Å². The average molecular weight is 233 g/mol. The number of rotatable bonds is 4. The Kier molecular flexibility index (Phi) is 4.44. The Balaban J connectivity index is 2.89. The van der Waals surface area contributed by atoms with Crippen LogP contribution in [0.2, 0.25) is 0 Å². The Labute approximate surface area is 102 Å². The van der Waals surface area contributed by atoms with Crippen molar-refractivity contribution in [2.24, 2.45) is 0 Å². The normalized spacial score (nSPS) is 12.0. The Morgan fingerprint density at radius 3 is 2.18 bits per heavy atom. The summed E-state index contributed by atoms with van der Waals surface area (Å²) in [6.45, 7) is 7.66. The average Bonchev–Trinajstić information content (AvgIpc) is 2.29. The van der Waals surface area contributed by atoms with Gasteiger partial charge < -0.3 is 4.90 Å². The van der Waals surface area contributed by atoms with Gasteiger partial charge in [-0.2, -0.15) is 0 Å². The van der Waals surface area contributed by atoms with Crippen molar-refractivity contribution in [3.8, 4) is 0 Å². The highest BCUT2D eigenvalue weighted by Gasteiger charge is 2.22. The second kappa shape index (κ2) is 5.62. The van der Waals surface area contributed by atoms with Crippen molar-refractivity contribution >= 4 is 11.7 Å². The summed E-state index contributed by atoms with van der Waals surface area (Å²) < 4.78 is 0. The highest BCUT2D eigenvalue weighted by Crippen LogP contribution is 2.10. The molecule has 1 atom stereocenters. The van der Waals surface area contributed by atoms with Gasteiger partial charge in [0.15, 0.2) is 5.78 Å². The minimum atomic E-state index is -0.403. The number of Topliss-reactive ketones (excluding diaryl/α,β-unsaturated/α-hetero) is 1. The van der Waals surface area contributed by atoms with Crippen molar-refractivity contribution < 1.29 is 9.59 Å². The first-order valence-corrected chi connectivity index (χ1v) is 5.85. The van der Waals surface area contributed by atoms with Crippen molar-refractivity contribution in [3.05, 3.63) is 35.4 Å². The molecule has 0 saturated carbocycles. The number of carbonyl (C=O) groups is 2. The van der Waals surface area contributed by atoms with Gasteiger partial charge in [0.1, 0.15) is 0 Å². The first-order valence-electron chi connectivity index (χ1n) is 5.85. The summed E-state index contributed by atoms with van der Waals surface area (Å²) >= 11 is 0. The lowest BCUT2D eigenvalue weighted by molar-refractivity contribution is -0.129. The van der Waals surface area contributed by atoms with E-state index >= 15 is 0 Å². The lowest BCUT2D eigenvalue weighted by atomic mass is 10.0. The van der Waals surface area contributed by atoms with Crippen LogP contribution in [-0.4, -0.2) is 29.2 Å². The first-order chi connectivity index (χ1) is 7.97. The zero-order chi connectivity index (χ0) is 13.0. The molecule has 92 valence electrons. The maximum absolute atomic E-state index is 12.2. The number of aryl methyl sites for hydroxylation is 1. The van der Waals surface area contributed by atoms with Gasteiger partial charge in [0, 0.05) is 19.0 Å². The van der Waals surface area contributed by atoms with Crippen LogP contribution < -0.4 is 0 Å². The van der Waals surface area contributed by atoms with Crippen LogP contribution in [0, 0.1) is 6.92 Å². The summed E-state index contributed by atoms with van der Waals surface area (Å²) in [6, 6.07) is 7.03. The standard InChI is InChI=1S/C14H19NO2/c1-5-15(12(4)16)11(3)14(17)13-8-6-10(2)7-9-13/h6-9,11H,5H2,1-4H3. The van der Waals surface area contributed by atoms with Gasteiger partial charge in [-0.05, 0) is 20.8 Å². The molecule has 1 amide bonds. The number of amides is 1. The lowest BCUT2D eigenvalue weighted by Gasteiger charge is -2.25. The molecule has 0 saturated heterocycles. The lowest BCUT2D eigenvalue weighted by Crippen LogP contribution is -2.41. The van der Waals surface area contributed by atoms with Crippen LogP contribution in [0.3, 0.4) is 0 Å². The predicted octanol–water partition coefficient (Wildman–Crippen LogP) is 2.43. The Hall–Kier alpha value is -1.64. The second-order valence-corrected chi connectivity index (χ2v) is 4.21. The van der Waals surface area contributed by atoms with Crippen LogP contribution in [0.1, 0.15) is 36.7 Å². The summed E-state index contributed by atoms with van der Waals surface area (Å²) in [5.41, 5.74) is 1.77. The van der Waals surface area contributed by atoms with Gasteiger partial charge in [-0.15, -0.1) is 0 Å². The quantitative estimate of drug-likeness (QED) is 0.749. The zero-order valence-electron chi connectivity index (χ0n) is 10.9. The van der Waals surface area contributed by atoms with E-state index in [0.717, 1.165) is 5.56 Å². The van der Waals surface area contributed by atoms with Crippen LogP contribution in [0.25, 0.3) is 0 Å². The van der Waals surface area contributed by atoms with Crippen LogP contribution in [0.15, 0.2) is 24.3 Å². The van der Waals surface area contributed by atoms with Crippen LogP contribution in [0.4, 0.5) is 0 Å². The molecule has 3 heteroatoms. The van der Waals surface area contributed by atoms with Gasteiger partial charge in [0.2, 0.25) is 5.91 Å². The highest BCUT2D eigenvalue weighted by atomic mass is 16.2. The predicted molar refractivity (Wildman–Crippen MR) is 68.0 cm³/mol. The first kappa shape index (κ1) is 13.4. The van der Waals surface area contributed by atoms with Gasteiger partial charge in [-0.1, -0.05) is 29.8 Å². The molecule has 0 aromatic heterocycles. The monoisotopic (exact) mass is 233 g/mol. The van der Waals surface area contributed by atoms with E-state index < -0.39 is 6.04 Å². The SMILES string of the molecule is CCN(C(C)=O)C(C)C(=O)c1ccc(C)cc1. The third kappa shape index (κ3) is 3.16. The molecular formula is C14H19NO2. The fraction of sp³-hybridized carbons (Fsp3) is 0.429. The molecule has 0 N–H and O–H groups in total.